The summed E-state index contributed by atoms with van der Waals surface area (Å²) in [6.07, 6.45) is 8.50. The van der Waals surface area contributed by atoms with Gasteiger partial charge in [0.15, 0.2) is 5.76 Å². The standard InChI is InChI=1S/C14H20N2O4S/c1-21(18,19)16-10-12-7-8-13(20-12)14(17)15-9-11-5-3-2-4-6-11/h2-3,7-8,11,16H,4-6,9-10H2,1H3,(H,15,17)/t11-/m0/s1. The van der Waals surface area contributed by atoms with Crippen molar-refractivity contribution in [3.8, 4) is 0 Å². The molecule has 0 unspecified atom stereocenters. The van der Waals surface area contributed by atoms with Crippen LogP contribution in [0.3, 0.4) is 0 Å². The zero-order valence-corrected chi connectivity index (χ0v) is 12.8. The molecule has 6 nitrogen and oxygen atoms in total. The molecule has 0 saturated carbocycles. The Morgan fingerprint density at radius 1 is 1.38 bits per heavy atom. The molecule has 1 aliphatic rings. The van der Waals surface area contributed by atoms with Crippen molar-refractivity contribution in [1.82, 2.24) is 10.0 Å². The van der Waals surface area contributed by atoms with E-state index < -0.39 is 10.0 Å². The monoisotopic (exact) mass is 312 g/mol. The van der Waals surface area contributed by atoms with Crippen molar-refractivity contribution in [2.45, 2.75) is 25.8 Å². The zero-order chi connectivity index (χ0) is 15.3. The topological polar surface area (TPSA) is 88.4 Å². The van der Waals surface area contributed by atoms with E-state index in [0.717, 1.165) is 25.5 Å². The minimum absolute atomic E-state index is 0.0412. The second-order valence-electron chi connectivity index (χ2n) is 5.22. The SMILES string of the molecule is CS(=O)(=O)NCc1ccc(C(=O)NC[C@H]2CC=CCC2)o1. The summed E-state index contributed by atoms with van der Waals surface area (Å²) in [6.45, 7) is 0.667. The third kappa shape index (κ3) is 5.35. The van der Waals surface area contributed by atoms with Crippen LogP contribution in [0.15, 0.2) is 28.7 Å². The molecule has 1 aromatic heterocycles. The molecule has 0 aliphatic heterocycles. The lowest BCUT2D eigenvalue weighted by atomic mass is 9.94. The summed E-state index contributed by atoms with van der Waals surface area (Å²) in [5, 5.41) is 2.85. The predicted molar refractivity (Wildman–Crippen MR) is 79.2 cm³/mol. The highest BCUT2D eigenvalue weighted by atomic mass is 32.2. The van der Waals surface area contributed by atoms with Crippen LogP contribution in [0.1, 0.15) is 35.6 Å². The quantitative estimate of drug-likeness (QED) is 0.777. The van der Waals surface area contributed by atoms with Crippen LogP contribution in [0.25, 0.3) is 0 Å². The first-order valence-electron chi connectivity index (χ1n) is 6.90. The highest BCUT2D eigenvalue weighted by Gasteiger charge is 2.15. The number of carbonyl (C=O) groups excluding carboxylic acids is 1. The van der Waals surface area contributed by atoms with Gasteiger partial charge in [-0.05, 0) is 37.3 Å². The average molecular weight is 312 g/mol. The van der Waals surface area contributed by atoms with Crippen molar-refractivity contribution in [3.05, 3.63) is 35.8 Å². The highest BCUT2D eigenvalue weighted by molar-refractivity contribution is 7.88. The number of hydrogen-bond donors (Lipinski definition) is 2. The molecule has 0 aromatic carbocycles. The van der Waals surface area contributed by atoms with Gasteiger partial charge in [-0.1, -0.05) is 12.2 Å². The van der Waals surface area contributed by atoms with Crippen LogP contribution in [0.4, 0.5) is 0 Å². The minimum atomic E-state index is -3.28. The summed E-state index contributed by atoms with van der Waals surface area (Å²) in [5.41, 5.74) is 0. The van der Waals surface area contributed by atoms with E-state index in [1.165, 1.54) is 0 Å². The molecule has 1 amide bonds. The maximum atomic E-state index is 11.9. The predicted octanol–water partition coefficient (Wildman–Crippen LogP) is 1.41. The molecule has 0 bridgehead atoms. The van der Waals surface area contributed by atoms with E-state index in [1.807, 2.05) is 0 Å². The Morgan fingerprint density at radius 2 is 2.19 bits per heavy atom. The molecule has 21 heavy (non-hydrogen) atoms. The molecule has 1 atom stereocenters. The van der Waals surface area contributed by atoms with Crippen LogP contribution in [0.2, 0.25) is 0 Å². The Balaban J connectivity index is 1.82. The molecule has 2 N–H and O–H groups in total. The Labute approximate surface area is 124 Å². The van der Waals surface area contributed by atoms with Gasteiger partial charge in [0.1, 0.15) is 5.76 Å². The van der Waals surface area contributed by atoms with E-state index in [2.05, 4.69) is 22.2 Å². The molecular weight excluding hydrogens is 292 g/mol. The molecule has 7 heteroatoms. The molecule has 0 radical (unpaired) electrons. The number of allylic oxidation sites excluding steroid dienone is 2. The summed E-state index contributed by atoms with van der Waals surface area (Å²) in [6, 6.07) is 3.14. The molecule has 1 aliphatic carbocycles. The second kappa shape index (κ2) is 6.91. The van der Waals surface area contributed by atoms with Crippen molar-refractivity contribution >= 4 is 15.9 Å². The Kier molecular flexibility index (Phi) is 5.19. The number of hydrogen-bond acceptors (Lipinski definition) is 4. The molecule has 0 saturated heterocycles. The molecule has 2 rings (SSSR count). The summed E-state index contributed by atoms with van der Waals surface area (Å²) in [7, 11) is -3.28. The third-order valence-electron chi connectivity index (χ3n) is 3.32. The molecular formula is C14H20N2O4S. The van der Waals surface area contributed by atoms with Gasteiger partial charge in [-0.25, -0.2) is 13.1 Å². The van der Waals surface area contributed by atoms with Gasteiger partial charge in [0.05, 0.1) is 12.8 Å². The van der Waals surface area contributed by atoms with Crippen molar-refractivity contribution in [2.75, 3.05) is 12.8 Å². The lowest BCUT2D eigenvalue weighted by Crippen LogP contribution is -2.29. The van der Waals surface area contributed by atoms with Crippen molar-refractivity contribution < 1.29 is 17.6 Å². The molecule has 116 valence electrons. The van der Waals surface area contributed by atoms with E-state index in [9.17, 15) is 13.2 Å². The van der Waals surface area contributed by atoms with Gasteiger partial charge in [-0.2, -0.15) is 0 Å². The molecule has 1 aromatic rings. The number of rotatable bonds is 6. The van der Waals surface area contributed by atoms with Crippen LogP contribution < -0.4 is 10.0 Å². The average Bonchev–Trinajstić information content (AvgIpc) is 2.92. The van der Waals surface area contributed by atoms with Crippen LogP contribution in [-0.4, -0.2) is 27.1 Å². The largest absolute Gasteiger partial charge is 0.455 e. The smallest absolute Gasteiger partial charge is 0.287 e. The van der Waals surface area contributed by atoms with E-state index >= 15 is 0 Å². The van der Waals surface area contributed by atoms with E-state index in [0.29, 0.717) is 18.2 Å². The fraction of sp³-hybridized carbons (Fsp3) is 0.500. The van der Waals surface area contributed by atoms with Crippen LogP contribution in [0.5, 0.6) is 0 Å². The first-order valence-corrected chi connectivity index (χ1v) is 8.80. The number of nitrogens with one attached hydrogen (secondary N) is 2. The maximum absolute atomic E-state index is 11.9. The van der Waals surface area contributed by atoms with Gasteiger partial charge >= 0.3 is 0 Å². The van der Waals surface area contributed by atoms with Crippen LogP contribution in [-0.2, 0) is 16.6 Å². The number of furan rings is 1. The van der Waals surface area contributed by atoms with Crippen molar-refractivity contribution in [2.24, 2.45) is 5.92 Å². The van der Waals surface area contributed by atoms with Gasteiger partial charge in [0.25, 0.3) is 5.91 Å². The number of carbonyl (C=O) groups is 1. The summed E-state index contributed by atoms with van der Waals surface area (Å²) < 4.78 is 29.6. The van der Waals surface area contributed by atoms with Gasteiger partial charge in [0, 0.05) is 6.54 Å². The van der Waals surface area contributed by atoms with Gasteiger partial charge in [-0.15, -0.1) is 0 Å². The van der Waals surface area contributed by atoms with Gasteiger partial charge in [0.2, 0.25) is 10.0 Å². The fourth-order valence-corrected chi connectivity index (χ4v) is 2.57. The summed E-state index contributed by atoms with van der Waals surface area (Å²) in [5.74, 6) is 0.813. The first kappa shape index (κ1) is 15.8. The zero-order valence-electron chi connectivity index (χ0n) is 12.0. The third-order valence-corrected chi connectivity index (χ3v) is 3.99. The highest BCUT2D eigenvalue weighted by Crippen LogP contribution is 2.17. The Hall–Kier alpha value is -1.60. The van der Waals surface area contributed by atoms with Crippen LogP contribution in [0, 0.1) is 5.92 Å². The maximum Gasteiger partial charge on any atom is 0.287 e. The van der Waals surface area contributed by atoms with E-state index in [4.69, 9.17) is 4.42 Å². The van der Waals surface area contributed by atoms with Gasteiger partial charge < -0.3 is 9.73 Å². The Bertz CT molecular complexity index is 619. The number of amides is 1. The van der Waals surface area contributed by atoms with E-state index in [-0.39, 0.29) is 18.2 Å². The van der Waals surface area contributed by atoms with E-state index in [1.54, 1.807) is 12.1 Å². The fourth-order valence-electron chi connectivity index (χ4n) is 2.16. The first-order chi connectivity index (χ1) is 9.94. The molecule has 1 heterocycles. The lowest BCUT2D eigenvalue weighted by Gasteiger charge is -2.17. The normalized spacial score (nSPS) is 18.6. The van der Waals surface area contributed by atoms with Crippen molar-refractivity contribution in [1.29, 1.82) is 0 Å². The molecule has 0 fully saturated rings. The minimum Gasteiger partial charge on any atom is -0.455 e. The van der Waals surface area contributed by atoms with Crippen molar-refractivity contribution in [3.63, 3.8) is 0 Å². The van der Waals surface area contributed by atoms with Crippen LogP contribution >= 0.6 is 0 Å². The molecule has 0 spiro atoms. The lowest BCUT2D eigenvalue weighted by molar-refractivity contribution is 0.0916. The Morgan fingerprint density at radius 3 is 2.86 bits per heavy atom. The second-order valence-corrected chi connectivity index (χ2v) is 7.05. The van der Waals surface area contributed by atoms with Gasteiger partial charge in [-0.3, -0.25) is 4.79 Å². The summed E-state index contributed by atoms with van der Waals surface area (Å²) in [4.78, 5) is 11.9. The summed E-state index contributed by atoms with van der Waals surface area (Å²) >= 11 is 0. The number of sulfonamides is 1.